The molecule has 20 heavy (non-hydrogen) atoms. The van der Waals surface area contributed by atoms with Gasteiger partial charge in [-0.3, -0.25) is 4.79 Å². The van der Waals surface area contributed by atoms with Gasteiger partial charge in [-0.25, -0.2) is 9.59 Å². The van der Waals surface area contributed by atoms with Gasteiger partial charge in [0.2, 0.25) is 0 Å². The minimum atomic E-state index is -0.834. The lowest BCUT2D eigenvalue weighted by Crippen LogP contribution is -2.20. The van der Waals surface area contributed by atoms with Gasteiger partial charge < -0.3 is 18.9 Å². The fourth-order valence-electron chi connectivity index (χ4n) is 1.09. The van der Waals surface area contributed by atoms with E-state index in [4.69, 9.17) is 9.47 Å². The summed E-state index contributed by atoms with van der Waals surface area (Å²) >= 11 is 0. The number of carbonyl (C=O) groups excluding carboxylic acids is 3. The van der Waals surface area contributed by atoms with Crippen LogP contribution in [0.15, 0.2) is 12.2 Å². The van der Waals surface area contributed by atoms with Crippen LogP contribution in [-0.2, 0) is 33.3 Å². The van der Waals surface area contributed by atoms with Crippen molar-refractivity contribution in [1.82, 2.24) is 0 Å². The van der Waals surface area contributed by atoms with Crippen LogP contribution in [0.25, 0.3) is 0 Å². The molecular weight excluding hydrogens is 268 g/mol. The lowest BCUT2D eigenvalue weighted by atomic mass is 10.2. The summed E-state index contributed by atoms with van der Waals surface area (Å²) in [6.07, 6.45) is -0.272. The second kappa shape index (κ2) is 11.0. The monoisotopic (exact) mass is 288 g/mol. The minimum Gasteiger partial charge on any atom is -0.466 e. The van der Waals surface area contributed by atoms with E-state index >= 15 is 0 Å². The molecule has 0 amide bonds. The number of hydrogen-bond acceptors (Lipinski definition) is 7. The summed E-state index contributed by atoms with van der Waals surface area (Å²) in [5, 5.41) is 0. The number of rotatable bonds is 10. The first-order valence-corrected chi connectivity index (χ1v) is 6.25. The molecule has 0 atom stereocenters. The lowest BCUT2D eigenvalue weighted by molar-refractivity contribution is -0.158. The molecule has 0 aromatic rings. The van der Waals surface area contributed by atoms with Crippen molar-refractivity contribution in [2.45, 2.75) is 20.3 Å². The summed E-state index contributed by atoms with van der Waals surface area (Å²) < 4.78 is 19.0. The van der Waals surface area contributed by atoms with Gasteiger partial charge in [-0.15, -0.1) is 0 Å². The molecule has 0 aliphatic rings. The van der Waals surface area contributed by atoms with Crippen molar-refractivity contribution in [3.05, 3.63) is 12.2 Å². The maximum absolute atomic E-state index is 11.4. The normalized spacial score (nSPS) is 9.70. The van der Waals surface area contributed by atoms with Crippen LogP contribution in [0.4, 0.5) is 0 Å². The Hall–Kier alpha value is -1.89. The molecule has 0 saturated heterocycles. The number of hydrogen-bond donors (Lipinski definition) is 0. The SMILES string of the molecule is C=C(CC(=O)OCC)C(=O)OCC(=O)OCCOCC. The molecule has 0 radical (unpaired) electrons. The number of esters is 3. The van der Waals surface area contributed by atoms with Gasteiger partial charge in [0.15, 0.2) is 6.61 Å². The average molecular weight is 288 g/mol. The topological polar surface area (TPSA) is 88.1 Å². The van der Waals surface area contributed by atoms with Crippen LogP contribution in [0.5, 0.6) is 0 Å². The van der Waals surface area contributed by atoms with Gasteiger partial charge in [-0.05, 0) is 13.8 Å². The molecule has 0 fully saturated rings. The maximum atomic E-state index is 11.4. The smallest absolute Gasteiger partial charge is 0.344 e. The molecule has 114 valence electrons. The van der Waals surface area contributed by atoms with Gasteiger partial charge in [-0.1, -0.05) is 6.58 Å². The first-order chi connectivity index (χ1) is 9.51. The van der Waals surface area contributed by atoms with Crippen LogP contribution >= 0.6 is 0 Å². The lowest BCUT2D eigenvalue weighted by Gasteiger charge is -2.07. The van der Waals surface area contributed by atoms with Gasteiger partial charge in [0, 0.05) is 12.2 Å². The fraction of sp³-hybridized carbons (Fsp3) is 0.615. The van der Waals surface area contributed by atoms with Crippen LogP contribution < -0.4 is 0 Å². The average Bonchev–Trinajstić information content (AvgIpc) is 2.41. The maximum Gasteiger partial charge on any atom is 0.344 e. The van der Waals surface area contributed by atoms with E-state index < -0.39 is 24.5 Å². The molecule has 0 aliphatic heterocycles. The highest BCUT2D eigenvalue weighted by molar-refractivity contribution is 5.94. The van der Waals surface area contributed by atoms with E-state index in [9.17, 15) is 14.4 Å². The summed E-state index contributed by atoms with van der Waals surface area (Å²) in [4.78, 5) is 33.7. The molecule has 0 heterocycles. The Kier molecular flexibility index (Phi) is 9.94. The molecule has 7 heteroatoms. The van der Waals surface area contributed by atoms with Crippen LogP contribution in [0.3, 0.4) is 0 Å². The fourth-order valence-corrected chi connectivity index (χ4v) is 1.09. The van der Waals surface area contributed by atoms with E-state index in [0.29, 0.717) is 6.61 Å². The van der Waals surface area contributed by atoms with Crippen molar-refractivity contribution in [3.8, 4) is 0 Å². The van der Waals surface area contributed by atoms with Crippen molar-refractivity contribution >= 4 is 17.9 Å². The molecule has 0 aromatic heterocycles. The first kappa shape index (κ1) is 18.1. The second-order valence-electron chi connectivity index (χ2n) is 3.58. The molecule has 0 aliphatic carbocycles. The molecule has 0 rings (SSSR count). The molecule has 0 unspecified atom stereocenters. The van der Waals surface area contributed by atoms with Crippen molar-refractivity contribution in [2.24, 2.45) is 0 Å². The summed E-state index contributed by atoms with van der Waals surface area (Å²) in [6.45, 7) is 7.45. The van der Waals surface area contributed by atoms with E-state index in [2.05, 4.69) is 16.1 Å². The van der Waals surface area contributed by atoms with E-state index in [-0.39, 0.29) is 31.8 Å². The first-order valence-electron chi connectivity index (χ1n) is 6.25. The van der Waals surface area contributed by atoms with Crippen LogP contribution in [-0.4, -0.2) is 50.9 Å². The Balaban J connectivity index is 3.83. The van der Waals surface area contributed by atoms with Crippen LogP contribution in [0.1, 0.15) is 20.3 Å². The summed E-state index contributed by atoms with van der Waals surface area (Å²) in [5.74, 6) is -2.10. The van der Waals surface area contributed by atoms with E-state index in [0.717, 1.165) is 0 Å². The molecule has 0 aromatic carbocycles. The van der Waals surface area contributed by atoms with Crippen molar-refractivity contribution in [1.29, 1.82) is 0 Å². The van der Waals surface area contributed by atoms with E-state index in [1.165, 1.54) is 0 Å². The molecule has 0 spiro atoms. The Morgan fingerprint density at radius 3 is 2.20 bits per heavy atom. The van der Waals surface area contributed by atoms with Crippen molar-refractivity contribution in [3.63, 3.8) is 0 Å². The van der Waals surface area contributed by atoms with Gasteiger partial charge in [0.1, 0.15) is 6.61 Å². The highest BCUT2D eigenvalue weighted by atomic mass is 16.6. The quantitative estimate of drug-likeness (QED) is 0.252. The predicted octanol–water partition coefficient (Wildman–Crippen LogP) is 0.619. The van der Waals surface area contributed by atoms with Gasteiger partial charge >= 0.3 is 17.9 Å². The Morgan fingerprint density at radius 2 is 1.60 bits per heavy atom. The van der Waals surface area contributed by atoms with Gasteiger partial charge in [-0.2, -0.15) is 0 Å². The summed E-state index contributed by atoms with van der Waals surface area (Å²) in [6, 6.07) is 0. The van der Waals surface area contributed by atoms with Gasteiger partial charge in [0.25, 0.3) is 0 Å². The predicted molar refractivity (Wildman–Crippen MR) is 68.8 cm³/mol. The van der Waals surface area contributed by atoms with Crippen molar-refractivity contribution in [2.75, 3.05) is 33.0 Å². The van der Waals surface area contributed by atoms with Crippen molar-refractivity contribution < 1.29 is 33.3 Å². The van der Waals surface area contributed by atoms with E-state index in [1.807, 2.05) is 6.92 Å². The van der Waals surface area contributed by atoms with E-state index in [1.54, 1.807) is 6.92 Å². The molecule has 0 bridgehead atoms. The summed E-state index contributed by atoms with van der Waals surface area (Å²) in [7, 11) is 0. The van der Waals surface area contributed by atoms with Crippen LogP contribution in [0, 0.1) is 0 Å². The Bertz CT molecular complexity index is 349. The zero-order valence-electron chi connectivity index (χ0n) is 11.8. The Morgan fingerprint density at radius 1 is 0.900 bits per heavy atom. The Labute approximate surface area is 117 Å². The molecular formula is C13H20O7. The third kappa shape index (κ3) is 9.09. The zero-order valence-corrected chi connectivity index (χ0v) is 11.8. The number of carbonyl (C=O) groups is 3. The zero-order chi connectivity index (χ0) is 15.4. The largest absolute Gasteiger partial charge is 0.466 e. The highest BCUT2D eigenvalue weighted by Crippen LogP contribution is 2.03. The van der Waals surface area contributed by atoms with Crippen LogP contribution in [0.2, 0.25) is 0 Å². The van der Waals surface area contributed by atoms with Gasteiger partial charge in [0.05, 0.1) is 19.6 Å². The number of ether oxygens (including phenoxy) is 4. The molecule has 0 saturated carbocycles. The summed E-state index contributed by atoms with van der Waals surface area (Å²) in [5.41, 5.74) is -0.0782. The molecule has 7 nitrogen and oxygen atoms in total. The second-order valence-corrected chi connectivity index (χ2v) is 3.58. The minimum absolute atomic E-state index is 0.0782. The highest BCUT2D eigenvalue weighted by Gasteiger charge is 2.15. The third-order valence-corrected chi connectivity index (χ3v) is 1.97. The standard InChI is InChI=1S/C13H20O7/c1-4-17-6-7-19-12(15)9-20-13(16)10(3)8-11(14)18-5-2/h3-9H2,1-2H3. The third-order valence-electron chi connectivity index (χ3n) is 1.97. The molecule has 0 N–H and O–H groups in total.